The minimum Gasteiger partial charge on any atom is -0.380 e. The van der Waals surface area contributed by atoms with Gasteiger partial charge < -0.3 is 15.0 Å². The molecule has 3 nitrogen and oxygen atoms in total. The van der Waals surface area contributed by atoms with Gasteiger partial charge in [-0.25, -0.2) is 0 Å². The highest BCUT2D eigenvalue weighted by molar-refractivity contribution is 4.77. The molecule has 0 spiro atoms. The molecular weight excluding hydrogens is 200 g/mol. The van der Waals surface area contributed by atoms with E-state index in [9.17, 15) is 0 Å². The van der Waals surface area contributed by atoms with Crippen LogP contribution in [0.25, 0.3) is 0 Å². The standard InChI is InChI=1S/C13H28N2O/c1-11(8-14-13(2,3)4)9-15(5)12-6-7-16-10-12/h11-12,14H,6-10H2,1-5H3. The van der Waals surface area contributed by atoms with Crippen molar-refractivity contribution in [2.45, 2.75) is 45.7 Å². The molecule has 1 N–H and O–H groups in total. The third-order valence-electron chi connectivity index (χ3n) is 3.11. The van der Waals surface area contributed by atoms with E-state index >= 15 is 0 Å². The summed E-state index contributed by atoms with van der Waals surface area (Å²) in [6.45, 7) is 13.0. The summed E-state index contributed by atoms with van der Waals surface area (Å²) in [6.07, 6.45) is 1.19. The molecule has 96 valence electrons. The molecule has 1 fully saturated rings. The third kappa shape index (κ3) is 5.28. The zero-order chi connectivity index (χ0) is 12.2. The summed E-state index contributed by atoms with van der Waals surface area (Å²) in [5.74, 6) is 0.685. The topological polar surface area (TPSA) is 24.5 Å². The van der Waals surface area contributed by atoms with Crippen molar-refractivity contribution in [2.75, 3.05) is 33.4 Å². The monoisotopic (exact) mass is 228 g/mol. The van der Waals surface area contributed by atoms with Crippen LogP contribution in [0.5, 0.6) is 0 Å². The minimum absolute atomic E-state index is 0.225. The van der Waals surface area contributed by atoms with E-state index in [0.29, 0.717) is 12.0 Å². The van der Waals surface area contributed by atoms with E-state index in [1.807, 2.05) is 0 Å². The fourth-order valence-electron chi connectivity index (χ4n) is 2.06. The van der Waals surface area contributed by atoms with Crippen molar-refractivity contribution in [3.63, 3.8) is 0 Å². The first-order chi connectivity index (χ1) is 7.38. The highest BCUT2D eigenvalue weighted by Crippen LogP contribution is 2.12. The van der Waals surface area contributed by atoms with Crippen molar-refractivity contribution >= 4 is 0 Å². The van der Waals surface area contributed by atoms with Crippen molar-refractivity contribution in [1.29, 1.82) is 0 Å². The molecule has 2 atom stereocenters. The van der Waals surface area contributed by atoms with Gasteiger partial charge in [0.05, 0.1) is 6.61 Å². The number of ether oxygens (including phenoxy) is 1. The molecule has 0 bridgehead atoms. The number of hydrogen-bond donors (Lipinski definition) is 1. The minimum atomic E-state index is 0.225. The summed E-state index contributed by atoms with van der Waals surface area (Å²) >= 11 is 0. The number of rotatable bonds is 5. The maximum absolute atomic E-state index is 5.42. The van der Waals surface area contributed by atoms with Gasteiger partial charge in [-0.05, 0) is 46.7 Å². The third-order valence-corrected chi connectivity index (χ3v) is 3.11. The lowest BCUT2D eigenvalue weighted by molar-refractivity contribution is 0.149. The van der Waals surface area contributed by atoms with Crippen LogP contribution < -0.4 is 5.32 Å². The fraction of sp³-hybridized carbons (Fsp3) is 1.00. The molecule has 0 saturated carbocycles. The van der Waals surface area contributed by atoms with Gasteiger partial charge in [0.2, 0.25) is 0 Å². The summed E-state index contributed by atoms with van der Waals surface area (Å²) in [5, 5.41) is 3.56. The normalized spacial score (nSPS) is 24.0. The largest absolute Gasteiger partial charge is 0.380 e. The Morgan fingerprint density at radius 1 is 1.44 bits per heavy atom. The first kappa shape index (κ1) is 13.9. The molecule has 0 aliphatic carbocycles. The maximum Gasteiger partial charge on any atom is 0.0622 e. The summed E-state index contributed by atoms with van der Waals surface area (Å²) in [4.78, 5) is 2.45. The molecule has 0 amide bonds. The Bertz CT molecular complexity index is 195. The second kappa shape index (κ2) is 5.99. The molecule has 1 aliphatic rings. The van der Waals surface area contributed by atoms with Crippen molar-refractivity contribution in [1.82, 2.24) is 10.2 Å². The number of nitrogens with zero attached hydrogens (tertiary/aromatic N) is 1. The molecule has 1 rings (SSSR count). The zero-order valence-corrected chi connectivity index (χ0v) is 11.5. The van der Waals surface area contributed by atoms with Crippen LogP contribution in [-0.4, -0.2) is 49.8 Å². The SMILES string of the molecule is CC(CNC(C)(C)C)CN(C)C1CCOC1. The molecule has 1 aliphatic heterocycles. The van der Waals surface area contributed by atoms with E-state index in [4.69, 9.17) is 4.74 Å². The molecule has 1 heterocycles. The average Bonchev–Trinajstić information content (AvgIpc) is 2.66. The smallest absolute Gasteiger partial charge is 0.0622 e. The van der Waals surface area contributed by atoms with Crippen LogP contribution in [-0.2, 0) is 4.74 Å². The van der Waals surface area contributed by atoms with Gasteiger partial charge in [-0.1, -0.05) is 6.92 Å². The number of likely N-dealkylation sites (N-methyl/N-ethyl adjacent to an activating group) is 1. The lowest BCUT2D eigenvalue weighted by Crippen LogP contribution is -2.42. The van der Waals surface area contributed by atoms with Crippen LogP contribution in [0.15, 0.2) is 0 Å². The molecule has 0 aromatic heterocycles. The van der Waals surface area contributed by atoms with Crippen molar-refractivity contribution < 1.29 is 4.74 Å². The molecule has 2 unspecified atom stereocenters. The highest BCUT2D eigenvalue weighted by atomic mass is 16.5. The molecule has 0 aromatic carbocycles. The quantitative estimate of drug-likeness (QED) is 0.775. The predicted molar refractivity (Wildman–Crippen MR) is 68.8 cm³/mol. The van der Waals surface area contributed by atoms with E-state index in [-0.39, 0.29) is 5.54 Å². The van der Waals surface area contributed by atoms with Gasteiger partial charge in [0.15, 0.2) is 0 Å². The van der Waals surface area contributed by atoms with Crippen LogP contribution in [0.3, 0.4) is 0 Å². The van der Waals surface area contributed by atoms with Crippen LogP contribution in [0, 0.1) is 5.92 Å². The second-order valence-electron chi connectivity index (χ2n) is 6.19. The van der Waals surface area contributed by atoms with E-state index in [1.54, 1.807) is 0 Å². The Morgan fingerprint density at radius 2 is 2.12 bits per heavy atom. The Kier molecular flexibility index (Phi) is 5.22. The summed E-state index contributed by atoms with van der Waals surface area (Å²) in [6, 6.07) is 0.636. The first-order valence-electron chi connectivity index (χ1n) is 6.41. The van der Waals surface area contributed by atoms with Gasteiger partial charge in [-0.15, -0.1) is 0 Å². The Balaban J connectivity index is 2.19. The van der Waals surface area contributed by atoms with Crippen molar-refractivity contribution in [2.24, 2.45) is 5.92 Å². The summed E-state index contributed by atoms with van der Waals surface area (Å²) in [5.41, 5.74) is 0.225. The van der Waals surface area contributed by atoms with E-state index in [0.717, 1.165) is 26.3 Å². The molecule has 3 heteroatoms. The molecule has 0 aromatic rings. The van der Waals surface area contributed by atoms with E-state index in [1.165, 1.54) is 6.42 Å². The lowest BCUT2D eigenvalue weighted by Gasteiger charge is -2.28. The maximum atomic E-state index is 5.42. The van der Waals surface area contributed by atoms with Gasteiger partial charge in [0.1, 0.15) is 0 Å². The Labute approximate surface area is 101 Å². The van der Waals surface area contributed by atoms with Crippen molar-refractivity contribution in [3.8, 4) is 0 Å². The molecular formula is C13H28N2O. The van der Waals surface area contributed by atoms with Crippen molar-refractivity contribution in [3.05, 3.63) is 0 Å². The van der Waals surface area contributed by atoms with Gasteiger partial charge in [-0.3, -0.25) is 0 Å². The zero-order valence-electron chi connectivity index (χ0n) is 11.5. The molecule has 1 saturated heterocycles. The van der Waals surface area contributed by atoms with Gasteiger partial charge in [0.25, 0.3) is 0 Å². The second-order valence-corrected chi connectivity index (χ2v) is 6.19. The van der Waals surface area contributed by atoms with Gasteiger partial charge >= 0.3 is 0 Å². The average molecular weight is 228 g/mol. The summed E-state index contributed by atoms with van der Waals surface area (Å²) < 4.78 is 5.42. The highest BCUT2D eigenvalue weighted by Gasteiger charge is 2.21. The Morgan fingerprint density at radius 3 is 2.62 bits per heavy atom. The first-order valence-corrected chi connectivity index (χ1v) is 6.41. The van der Waals surface area contributed by atoms with Crippen LogP contribution >= 0.6 is 0 Å². The number of nitrogens with one attached hydrogen (secondary N) is 1. The summed E-state index contributed by atoms with van der Waals surface area (Å²) in [7, 11) is 2.22. The number of hydrogen-bond acceptors (Lipinski definition) is 3. The fourth-order valence-corrected chi connectivity index (χ4v) is 2.06. The predicted octanol–water partition coefficient (Wildman–Crippen LogP) is 1.73. The van der Waals surface area contributed by atoms with Gasteiger partial charge in [-0.2, -0.15) is 0 Å². The van der Waals surface area contributed by atoms with E-state index < -0.39 is 0 Å². The van der Waals surface area contributed by atoms with Gasteiger partial charge in [0, 0.05) is 24.7 Å². The lowest BCUT2D eigenvalue weighted by atomic mass is 10.1. The van der Waals surface area contributed by atoms with Crippen LogP contribution in [0.4, 0.5) is 0 Å². The van der Waals surface area contributed by atoms with E-state index in [2.05, 4.69) is 45.0 Å². The van der Waals surface area contributed by atoms with Crippen LogP contribution in [0.1, 0.15) is 34.1 Å². The molecule has 0 radical (unpaired) electrons. The molecule has 16 heavy (non-hydrogen) atoms. The Hall–Kier alpha value is -0.120. The van der Waals surface area contributed by atoms with Crippen LogP contribution in [0.2, 0.25) is 0 Å².